The van der Waals surface area contributed by atoms with Crippen LogP contribution in [-0.2, 0) is 23.0 Å². The SMILES string of the molecule is Cc1cc(-c2cc(CC(C)C)sc2S(=O)(=O)Nc2ccccn2)ccc1Cn1ccnc1C. The number of aryl methyl sites for hydroxylation is 2. The van der Waals surface area contributed by atoms with Gasteiger partial charge >= 0.3 is 0 Å². The number of benzene rings is 1. The van der Waals surface area contributed by atoms with Crippen molar-refractivity contribution in [3.63, 3.8) is 0 Å². The lowest BCUT2D eigenvalue weighted by Crippen LogP contribution is -2.13. The lowest BCUT2D eigenvalue weighted by molar-refractivity contribution is 0.603. The molecule has 1 aromatic carbocycles. The van der Waals surface area contributed by atoms with E-state index in [0.717, 1.165) is 40.4 Å². The van der Waals surface area contributed by atoms with Crippen LogP contribution >= 0.6 is 11.3 Å². The summed E-state index contributed by atoms with van der Waals surface area (Å²) in [6.45, 7) is 9.05. The van der Waals surface area contributed by atoms with Crippen molar-refractivity contribution in [1.82, 2.24) is 14.5 Å². The van der Waals surface area contributed by atoms with E-state index in [1.54, 1.807) is 30.6 Å². The molecule has 4 aromatic rings. The van der Waals surface area contributed by atoms with Crippen LogP contribution in [0, 0.1) is 19.8 Å². The molecule has 0 saturated carbocycles. The first kappa shape index (κ1) is 23.2. The number of imidazole rings is 1. The zero-order chi connectivity index (χ0) is 23.6. The summed E-state index contributed by atoms with van der Waals surface area (Å²) in [5.41, 5.74) is 3.91. The van der Waals surface area contributed by atoms with Crippen LogP contribution in [0.1, 0.15) is 35.7 Å². The summed E-state index contributed by atoms with van der Waals surface area (Å²) in [6.07, 6.45) is 6.16. The minimum absolute atomic E-state index is 0.310. The summed E-state index contributed by atoms with van der Waals surface area (Å²) in [6, 6.07) is 13.3. The fraction of sp³-hybridized carbons (Fsp3) is 0.280. The summed E-state index contributed by atoms with van der Waals surface area (Å²) >= 11 is 1.33. The van der Waals surface area contributed by atoms with Crippen LogP contribution < -0.4 is 4.72 Å². The number of pyridine rings is 1. The van der Waals surface area contributed by atoms with Crippen LogP contribution in [0.3, 0.4) is 0 Å². The number of anilines is 1. The second-order valence-electron chi connectivity index (χ2n) is 8.58. The van der Waals surface area contributed by atoms with Crippen LogP contribution in [0.15, 0.2) is 65.3 Å². The molecule has 0 amide bonds. The zero-order valence-electron chi connectivity index (χ0n) is 19.2. The molecule has 0 aliphatic rings. The second kappa shape index (κ2) is 9.49. The molecule has 0 spiro atoms. The monoisotopic (exact) mass is 480 g/mol. The molecule has 6 nitrogen and oxygen atoms in total. The number of hydrogen-bond acceptors (Lipinski definition) is 5. The number of aromatic nitrogens is 3. The maximum Gasteiger partial charge on any atom is 0.273 e. The molecular formula is C25H28N4O2S2. The Bertz CT molecular complexity index is 1360. The average Bonchev–Trinajstić information content (AvgIpc) is 3.36. The molecular weight excluding hydrogens is 452 g/mol. The van der Waals surface area contributed by atoms with Crippen molar-refractivity contribution >= 4 is 27.2 Å². The summed E-state index contributed by atoms with van der Waals surface area (Å²) in [5, 5.41) is 0. The minimum Gasteiger partial charge on any atom is -0.331 e. The topological polar surface area (TPSA) is 76.9 Å². The van der Waals surface area contributed by atoms with Gasteiger partial charge in [-0.2, -0.15) is 0 Å². The third-order valence-electron chi connectivity index (χ3n) is 5.42. The highest BCUT2D eigenvalue weighted by Crippen LogP contribution is 2.37. The molecule has 33 heavy (non-hydrogen) atoms. The lowest BCUT2D eigenvalue weighted by atomic mass is 10.0. The Labute approximate surface area is 199 Å². The van der Waals surface area contributed by atoms with Crippen LogP contribution in [0.5, 0.6) is 0 Å². The van der Waals surface area contributed by atoms with E-state index >= 15 is 0 Å². The van der Waals surface area contributed by atoms with Gasteiger partial charge in [-0.3, -0.25) is 4.72 Å². The van der Waals surface area contributed by atoms with E-state index in [-0.39, 0.29) is 0 Å². The van der Waals surface area contributed by atoms with Gasteiger partial charge in [0.05, 0.1) is 0 Å². The average molecular weight is 481 g/mol. The number of nitrogens with zero attached hydrogens (tertiary/aromatic N) is 3. The molecule has 0 aliphatic heterocycles. The summed E-state index contributed by atoms with van der Waals surface area (Å²) in [4.78, 5) is 9.47. The van der Waals surface area contributed by atoms with E-state index in [4.69, 9.17) is 0 Å². The van der Waals surface area contributed by atoms with Crippen molar-refractivity contribution < 1.29 is 8.42 Å². The van der Waals surface area contributed by atoms with E-state index < -0.39 is 10.0 Å². The Kier molecular flexibility index (Phi) is 6.67. The highest BCUT2D eigenvalue weighted by Gasteiger charge is 2.24. The minimum atomic E-state index is -3.78. The van der Waals surface area contributed by atoms with Gasteiger partial charge in [0.1, 0.15) is 15.9 Å². The molecule has 8 heteroatoms. The largest absolute Gasteiger partial charge is 0.331 e. The number of thiophene rings is 1. The van der Waals surface area contributed by atoms with Crippen LogP contribution in [0.25, 0.3) is 11.1 Å². The first-order chi connectivity index (χ1) is 15.7. The summed E-state index contributed by atoms with van der Waals surface area (Å²) < 4.78 is 31.7. The Morgan fingerprint density at radius 2 is 1.88 bits per heavy atom. The highest BCUT2D eigenvalue weighted by molar-refractivity contribution is 7.94. The third kappa shape index (κ3) is 5.34. The van der Waals surface area contributed by atoms with Crippen LogP contribution in [0.2, 0.25) is 0 Å². The van der Waals surface area contributed by atoms with Crippen molar-refractivity contribution in [2.45, 2.75) is 44.9 Å². The molecule has 0 unspecified atom stereocenters. The predicted octanol–water partition coefficient (Wildman–Crippen LogP) is 5.67. The molecule has 3 aromatic heterocycles. The maximum atomic E-state index is 13.3. The van der Waals surface area contributed by atoms with Crippen molar-refractivity contribution in [2.75, 3.05) is 4.72 Å². The molecule has 1 N–H and O–H groups in total. The maximum absolute atomic E-state index is 13.3. The van der Waals surface area contributed by atoms with Crippen molar-refractivity contribution in [2.24, 2.45) is 5.92 Å². The third-order valence-corrected chi connectivity index (χ3v) is 8.47. The Morgan fingerprint density at radius 1 is 1.06 bits per heavy atom. The molecule has 0 saturated heterocycles. The second-order valence-corrected chi connectivity index (χ2v) is 11.6. The van der Waals surface area contributed by atoms with Gasteiger partial charge in [-0.05, 0) is 61.1 Å². The van der Waals surface area contributed by atoms with Crippen molar-refractivity contribution in [1.29, 1.82) is 0 Å². The van der Waals surface area contributed by atoms with E-state index in [9.17, 15) is 8.42 Å². The first-order valence-corrected chi connectivity index (χ1v) is 13.2. The van der Waals surface area contributed by atoms with E-state index in [0.29, 0.717) is 15.9 Å². The normalized spacial score (nSPS) is 11.8. The van der Waals surface area contributed by atoms with Gasteiger partial charge in [-0.25, -0.2) is 18.4 Å². The molecule has 4 rings (SSSR count). The van der Waals surface area contributed by atoms with Gasteiger partial charge in [0.2, 0.25) is 0 Å². The van der Waals surface area contributed by atoms with Gasteiger partial charge in [0, 0.05) is 35.6 Å². The summed E-state index contributed by atoms with van der Waals surface area (Å²) in [7, 11) is -3.78. The van der Waals surface area contributed by atoms with Gasteiger partial charge in [0.15, 0.2) is 0 Å². The predicted molar refractivity (Wildman–Crippen MR) is 134 cm³/mol. The summed E-state index contributed by atoms with van der Waals surface area (Å²) in [5.74, 6) is 1.70. The van der Waals surface area contributed by atoms with Crippen LogP contribution in [-0.4, -0.2) is 23.0 Å². The fourth-order valence-electron chi connectivity index (χ4n) is 3.73. The Hall–Kier alpha value is -2.97. The van der Waals surface area contributed by atoms with Gasteiger partial charge in [-0.15, -0.1) is 11.3 Å². The lowest BCUT2D eigenvalue weighted by Gasteiger charge is -2.12. The molecule has 0 atom stereocenters. The number of hydrogen-bond donors (Lipinski definition) is 1. The highest BCUT2D eigenvalue weighted by atomic mass is 32.2. The number of sulfonamides is 1. The molecule has 0 aliphatic carbocycles. The van der Waals surface area contributed by atoms with Crippen molar-refractivity contribution in [3.05, 3.63) is 82.9 Å². The molecule has 0 bridgehead atoms. The van der Waals surface area contributed by atoms with Gasteiger partial charge < -0.3 is 4.57 Å². The Morgan fingerprint density at radius 3 is 2.52 bits per heavy atom. The number of nitrogens with one attached hydrogen (secondary N) is 1. The van der Waals surface area contributed by atoms with Gasteiger partial charge in [-0.1, -0.05) is 38.1 Å². The fourth-order valence-corrected chi connectivity index (χ4v) is 6.69. The van der Waals surface area contributed by atoms with Gasteiger partial charge in [0.25, 0.3) is 10.0 Å². The molecule has 0 fully saturated rings. The number of rotatable bonds is 8. The molecule has 3 heterocycles. The Balaban J connectivity index is 1.72. The van der Waals surface area contributed by atoms with E-state index in [1.165, 1.54) is 16.9 Å². The van der Waals surface area contributed by atoms with E-state index in [2.05, 4.69) is 52.2 Å². The zero-order valence-corrected chi connectivity index (χ0v) is 20.9. The quantitative estimate of drug-likeness (QED) is 0.352. The molecule has 0 radical (unpaired) electrons. The molecule has 172 valence electrons. The van der Waals surface area contributed by atoms with E-state index in [1.807, 2.05) is 25.3 Å². The standard InChI is InChI=1S/C25H28N4O2S2/c1-17(2)13-22-15-23(25(32-22)33(30,31)28-24-7-5-6-10-27-24)20-8-9-21(18(3)14-20)16-29-12-11-26-19(29)4/h5-12,14-15,17H,13,16H2,1-4H3,(H,27,28). The van der Waals surface area contributed by atoms with Crippen LogP contribution in [0.4, 0.5) is 5.82 Å². The first-order valence-electron chi connectivity index (χ1n) is 10.9. The smallest absolute Gasteiger partial charge is 0.273 e. The van der Waals surface area contributed by atoms with Crippen molar-refractivity contribution in [3.8, 4) is 11.1 Å².